The van der Waals surface area contributed by atoms with Crippen molar-refractivity contribution >= 4 is 12.0 Å². The first-order valence-electron chi connectivity index (χ1n) is 12.2. The Bertz CT molecular complexity index is 1360. The van der Waals surface area contributed by atoms with Gasteiger partial charge in [-0.2, -0.15) is 0 Å². The van der Waals surface area contributed by atoms with Crippen LogP contribution in [0.5, 0.6) is 0 Å². The van der Waals surface area contributed by atoms with Gasteiger partial charge < -0.3 is 9.84 Å². The molecule has 1 aliphatic rings. The molecule has 4 aromatic rings. The van der Waals surface area contributed by atoms with Crippen LogP contribution in [0.25, 0.3) is 6.08 Å². The second kappa shape index (κ2) is 10.5. The second-order valence-corrected chi connectivity index (χ2v) is 9.11. The van der Waals surface area contributed by atoms with Gasteiger partial charge in [-0.1, -0.05) is 133 Å². The molecule has 5 rings (SSSR count). The van der Waals surface area contributed by atoms with Gasteiger partial charge >= 0.3 is 5.97 Å². The van der Waals surface area contributed by atoms with E-state index in [0.29, 0.717) is 6.42 Å². The molecule has 178 valence electrons. The number of aliphatic hydroxyl groups is 1. The number of hydrogen-bond donors (Lipinski definition) is 1. The van der Waals surface area contributed by atoms with E-state index < -0.39 is 17.5 Å². The van der Waals surface area contributed by atoms with Gasteiger partial charge in [0.05, 0.1) is 12.0 Å². The molecule has 0 saturated carbocycles. The summed E-state index contributed by atoms with van der Waals surface area (Å²) in [5.74, 6) is -0.868. The van der Waals surface area contributed by atoms with Crippen LogP contribution in [0.15, 0.2) is 139 Å². The fourth-order valence-corrected chi connectivity index (χ4v) is 4.89. The first-order chi connectivity index (χ1) is 17.6. The number of carbonyl (C=O) groups excluding carboxylic acids is 1. The standard InChI is InChI=1S/C33H28O3/c34-30-24-33(28-19-11-4-12-20-28,23-26-15-7-2-8-16-26)36-32(35)31(30)29(27-17-9-3-10-18-27)22-21-25-13-5-1-6-14-25/h1-22,29,34H,23-24H2/b22-21+. The highest BCUT2D eigenvalue weighted by Crippen LogP contribution is 2.44. The number of aliphatic hydroxyl groups excluding tert-OH is 1. The lowest BCUT2D eigenvalue weighted by Crippen LogP contribution is -2.40. The molecule has 4 aromatic carbocycles. The summed E-state index contributed by atoms with van der Waals surface area (Å²) in [6, 6.07) is 39.3. The van der Waals surface area contributed by atoms with Crippen molar-refractivity contribution in [3.05, 3.63) is 161 Å². The molecule has 0 saturated heterocycles. The zero-order valence-corrected chi connectivity index (χ0v) is 20.0. The second-order valence-electron chi connectivity index (χ2n) is 9.11. The summed E-state index contributed by atoms with van der Waals surface area (Å²) in [4.78, 5) is 13.7. The largest absolute Gasteiger partial charge is 0.512 e. The Labute approximate surface area is 212 Å². The number of ether oxygens (including phenoxy) is 1. The van der Waals surface area contributed by atoms with Gasteiger partial charge in [0.2, 0.25) is 0 Å². The van der Waals surface area contributed by atoms with E-state index in [-0.39, 0.29) is 17.8 Å². The number of benzene rings is 4. The molecule has 3 heteroatoms. The van der Waals surface area contributed by atoms with E-state index in [1.54, 1.807) is 0 Å². The third-order valence-electron chi connectivity index (χ3n) is 6.65. The van der Waals surface area contributed by atoms with Gasteiger partial charge in [-0.05, 0) is 22.3 Å². The SMILES string of the molecule is O=C1OC(Cc2ccccc2)(c2ccccc2)CC(O)=C1C(/C=C/c1ccccc1)c1ccccc1. The number of hydrogen-bond acceptors (Lipinski definition) is 3. The van der Waals surface area contributed by atoms with Gasteiger partial charge in [0.25, 0.3) is 0 Å². The fourth-order valence-electron chi connectivity index (χ4n) is 4.89. The molecule has 0 spiro atoms. The first-order valence-corrected chi connectivity index (χ1v) is 12.2. The van der Waals surface area contributed by atoms with Crippen LogP contribution in [0.4, 0.5) is 0 Å². The van der Waals surface area contributed by atoms with Crippen molar-refractivity contribution in [1.29, 1.82) is 0 Å². The van der Waals surface area contributed by atoms with Crippen LogP contribution in [0.1, 0.15) is 34.6 Å². The minimum Gasteiger partial charge on any atom is -0.512 e. The molecule has 0 bridgehead atoms. The topological polar surface area (TPSA) is 46.5 Å². The van der Waals surface area contributed by atoms with Crippen LogP contribution in [0.2, 0.25) is 0 Å². The average Bonchev–Trinajstić information content (AvgIpc) is 2.92. The zero-order chi connectivity index (χ0) is 24.8. The molecule has 1 N–H and O–H groups in total. The van der Waals surface area contributed by atoms with E-state index in [4.69, 9.17) is 4.74 Å². The fraction of sp³-hybridized carbons (Fsp3) is 0.121. The smallest absolute Gasteiger partial charge is 0.339 e. The van der Waals surface area contributed by atoms with Crippen molar-refractivity contribution in [1.82, 2.24) is 0 Å². The molecule has 0 radical (unpaired) electrons. The average molecular weight is 473 g/mol. The quantitative estimate of drug-likeness (QED) is 0.285. The Kier molecular flexibility index (Phi) is 6.81. The molecule has 1 heterocycles. The maximum atomic E-state index is 13.7. The highest BCUT2D eigenvalue weighted by Gasteiger charge is 2.45. The molecule has 0 aromatic heterocycles. The van der Waals surface area contributed by atoms with Crippen molar-refractivity contribution in [3.63, 3.8) is 0 Å². The minimum atomic E-state index is -0.988. The minimum absolute atomic E-state index is 0.0672. The van der Waals surface area contributed by atoms with E-state index in [9.17, 15) is 9.90 Å². The van der Waals surface area contributed by atoms with Gasteiger partial charge in [-0.25, -0.2) is 4.79 Å². The lowest BCUT2D eigenvalue weighted by atomic mass is 9.78. The zero-order valence-electron chi connectivity index (χ0n) is 20.0. The summed E-state index contributed by atoms with van der Waals surface area (Å²) in [7, 11) is 0. The van der Waals surface area contributed by atoms with Crippen LogP contribution >= 0.6 is 0 Å². The molecular formula is C33H28O3. The molecule has 0 amide bonds. The normalized spacial score (nSPS) is 18.7. The number of allylic oxidation sites excluding steroid dienone is 1. The number of rotatable bonds is 7. The number of cyclic esters (lactones) is 1. The van der Waals surface area contributed by atoms with Crippen molar-refractivity contribution < 1.29 is 14.6 Å². The Morgan fingerprint density at radius 3 is 1.94 bits per heavy atom. The molecule has 36 heavy (non-hydrogen) atoms. The first kappa shape index (κ1) is 23.4. The predicted molar refractivity (Wildman–Crippen MR) is 143 cm³/mol. The summed E-state index contributed by atoms with van der Waals surface area (Å²) < 4.78 is 6.31. The van der Waals surface area contributed by atoms with Gasteiger partial charge in [0.15, 0.2) is 0 Å². The van der Waals surface area contributed by atoms with Crippen LogP contribution < -0.4 is 0 Å². The highest BCUT2D eigenvalue weighted by molar-refractivity contribution is 5.93. The van der Waals surface area contributed by atoms with Gasteiger partial charge in [-0.15, -0.1) is 0 Å². The molecular weight excluding hydrogens is 444 g/mol. The van der Waals surface area contributed by atoms with E-state index >= 15 is 0 Å². The molecule has 2 atom stereocenters. The number of esters is 1. The van der Waals surface area contributed by atoms with Crippen LogP contribution in [0.3, 0.4) is 0 Å². The van der Waals surface area contributed by atoms with Crippen molar-refractivity contribution in [2.45, 2.75) is 24.4 Å². The lowest BCUT2D eigenvalue weighted by molar-refractivity contribution is -0.160. The van der Waals surface area contributed by atoms with Gasteiger partial charge in [0, 0.05) is 12.3 Å². The Balaban J connectivity index is 1.58. The summed E-state index contributed by atoms with van der Waals surface area (Å²) >= 11 is 0. The van der Waals surface area contributed by atoms with Crippen LogP contribution in [-0.4, -0.2) is 11.1 Å². The Hall–Kier alpha value is -4.37. The van der Waals surface area contributed by atoms with Crippen LogP contribution in [0, 0.1) is 0 Å². The molecule has 0 fully saturated rings. The predicted octanol–water partition coefficient (Wildman–Crippen LogP) is 7.38. The summed E-state index contributed by atoms with van der Waals surface area (Å²) in [6.07, 6.45) is 4.62. The van der Waals surface area contributed by atoms with E-state index in [1.165, 1.54) is 0 Å². The molecule has 2 unspecified atom stereocenters. The number of carbonyl (C=O) groups is 1. The van der Waals surface area contributed by atoms with Gasteiger partial charge in [0.1, 0.15) is 11.4 Å². The van der Waals surface area contributed by atoms with E-state index in [0.717, 1.165) is 22.3 Å². The van der Waals surface area contributed by atoms with Crippen molar-refractivity contribution in [2.24, 2.45) is 0 Å². The Morgan fingerprint density at radius 1 is 0.778 bits per heavy atom. The third-order valence-corrected chi connectivity index (χ3v) is 6.65. The molecule has 0 aliphatic carbocycles. The maximum Gasteiger partial charge on any atom is 0.339 e. The van der Waals surface area contributed by atoms with Crippen molar-refractivity contribution in [3.8, 4) is 0 Å². The van der Waals surface area contributed by atoms with E-state index in [1.807, 2.05) is 133 Å². The molecule has 1 aliphatic heterocycles. The van der Waals surface area contributed by atoms with Crippen molar-refractivity contribution in [2.75, 3.05) is 0 Å². The summed E-state index contributed by atoms with van der Waals surface area (Å²) in [5, 5.41) is 11.5. The maximum absolute atomic E-state index is 13.7. The highest BCUT2D eigenvalue weighted by atomic mass is 16.6. The Morgan fingerprint density at radius 2 is 1.33 bits per heavy atom. The molecule has 3 nitrogen and oxygen atoms in total. The summed E-state index contributed by atoms with van der Waals surface area (Å²) in [6.45, 7) is 0. The van der Waals surface area contributed by atoms with E-state index in [2.05, 4.69) is 0 Å². The summed E-state index contributed by atoms with van der Waals surface area (Å²) in [5.41, 5.74) is 3.13. The third kappa shape index (κ3) is 5.01. The van der Waals surface area contributed by atoms with Gasteiger partial charge in [-0.3, -0.25) is 0 Å². The van der Waals surface area contributed by atoms with Crippen LogP contribution in [-0.2, 0) is 21.6 Å². The lowest BCUT2D eigenvalue weighted by Gasteiger charge is -2.39. The monoisotopic (exact) mass is 472 g/mol.